The predicted molar refractivity (Wildman–Crippen MR) is 102 cm³/mol. The maximum absolute atomic E-state index is 5.71. The van der Waals surface area contributed by atoms with Crippen molar-refractivity contribution >= 4 is 22.9 Å². The van der Waals surface area contributed by atoms with Crippen LogP contribution in [-0.4, -0.2) is 9.56 Å². The number of hydrogen-bond donors (Lipinski definition) is 1. The summed E-state index contributed by atoms with van der Waals surface area (Å²) in [5.41, 5.74) is 2.26. The fourth-order valence-corrected chi connectivity index (χ4v) is 3.06. The van der Waals surface area contributed by atoms with Crippen molar-refractivity contribution in [2.75, 3.05) is 5.32 Å². The molecule has 0 spiro atoms. The van der Waals surface area contributed by atoms with Crippen LogP contribution >= 0.6 is 12.2 Å². The van der Waals surface area contributed by atoms with E-state index in [0.717, 1.165) is 23.0 Å². The summed E-state index contributed by atoms with van der Waals surface area (Å²) in [5, 5.41) is 3.36. The standard InChI is InChI=1S/C20H21N3S/c1-16(2)23-14-13-22(15-17-9-5-3-6-10-17)20(23)19(24)21-18-11-7-4-8-12-18/h3-14,16H,15H2,1-2H3/p+1. The molecule has 0 aliphatic heterocycles. The van der Waals surface area contributed by atoms with E-state index in [1.54, 1.807) is 0 Å². The average Bonchev–Trinajstić information content (AvgIpc) is 3.00. The molecule has 0 bridgehead atoms. The van der Waals surface area contributed by atoms with E-state index in [1.165, 1.54) is 5.56 Å². The third kappa shape index (κ3) is 3.71. The van der Waals surface area contributed by atoms with Crippen LogP contribution in [0.25, 0.3) is 0 Å². The molecule has 0 saturated heterocycles. The van der Waals surface area contributed by atoms with Crippen molar-refractivity contribution < 1.29 is 4.57 Å². The molecule has 0 aliphatic carbocycles. The summed E-state index contributed by atoms with van der Waals surface area (Å²) in [5.74, 6) is 1.02. The second-order valence-electron chi connectivity index (χ2n) is 6.06. The number of anilines is 1. The minimum absolute atomic E-state index is 0.340. The largest absolute Gasteiger partial charge is 0.340 e. The number of nitrogens with zero attached hydrogens (tertiary/aromatic N) is 2. The van der Waals surface area contributed by atoms with Gasteiger partial charge in [0.2, 0.25) is 0 Å². The highest BCUT2D eigenvalue weighted by Crippen LogP contribution is 2.12. The van der Waals surface area contributed by atoms with Crippen LogP contribution in [0.1, 0.15) is 31.3 Å². The molecule has 1 aromatic heterocycles. The van der Waals surface area contributed by atoms with E-state index < -0.39 is 0 Å². The highest BCUT2D eigenvalue weighted by Gasteiger charge is 2.24. The Morgan fingerprint density at radius 1 is 1.04 bits per heavy atom. The van der Waals surface area contributed by atoms with Crippen LogP contribution in [0.3, 0.4) is 0 Å². The summed E-state index contributed by atoms with van der Waals surface area (Å²) in [7, 11) is 0. The molecule has 1 N–H and O–H groups in total. The lowest BCUT2D eigenvalue weighted by molar-refractivity contribution is -0.689. The molecular formula is C20H22N3S+. The first-order valence-corrected chi connectivity index (χ1v) is 8.56. The van der Waals surface area contributed by atoms with Gasteiger partial charge in [-0.25, -0.2) is 9.13 Å². The van der Waals surface area contributed by atoms with Crippen LogP contribution in [0.5, 0.6) is 0 Å². The number of para-hydroxylation sites is 1. The summed E-state index contributed by atoms with van der Waals surface area (Å²) in [6, 6.07) is 20.8. The average molecular weight is 336 g/mol. The van der Waals surface area contributed by atoms with E-state index in [-0.39, 0.29) is 0 Å². The Bertz CT molecular complexity index is 807. The highest BCUT2D eigenvalue weighted by molar-refractivity contribution is 7.81. The smallest absolute Gasteiger partial charge is 0.317 e. The Labute approximate surface area is 148 Å². The Kier molecular flexibility index (Phi) is 5.06. The quantitative estimate of drug-likeness (QED) is 0.557. The first-order chi connectivity index (χ1) is 11.6. The number of thiocarbonyl (C=S) groups is 1. The third-order valence-electron chi connectivity index (χ3n) is 3.91. The lowest BCUT2D eigenvalue weighted by atomic mass is 10.2. The van der Waals surface area contributed by atoms with E-state index in [4.69, 9.17) is 12.2 Å². The van der Waals surface area contributed by atoms with Crippen molar-refractivity contribution in [3.63, 3.8) is 0 Å². The molecular weight excluding hydrogens is 314 g/mol. The number of benzene rings is 2. The normalized spacial score (nSPS) is 10.8. The topological polar surface area (TPSA) is 20.8 Å². The fraction of sp³-hybridized carbons (Fsp3) is 0.200. The van der Waals surface area contributed by atoms with Gasteiger partial charge in [-0.1, -0.05) is 60.7 Å². The molecule has 3 rings (SSSR count). The molecule has 0 saturated carbocycles. The second-order valence-corrected chi connectivity index (χ2v) is 6.46. The number of rotatable bonds is 5. The van der Waals surface area contributed by atoms with Gasteiger partial charge in [-0.2, -0.15) is 0 Å². The Morgan fingerprint density at radius 2 is 1.67 bits per heavy atom. The lowest BCUT2D eigenvalue weighted by Crippen LogP contribution is -2.41. The van der Waals surface area contributed by atoms with Crippen LogP contribution in [0, 0.1) is 0 Å². The van der Waals surface area contributed by atoms with Crippen LogP contribution in [0.2, 0.25) is 0 Å². The van der Waals surface area contributed by atoms with E-state index in [9.17, 15) is 0 Å². The Hall–Kier alpha value is -2.46. The minimum atomic E-state index is 0.340. The monoisotopic (exact) mass is 336 g/mol. The SMILES string of the molecule is CC(C)n1cc[n+](Cc2ccccc2)c1C(=S)Nc1ccccc1. The van der Waals surface area contributed by atoms with E-state index >= 15 is 0 Å². The zero-order valence-corrected chi connectivity index (χ0v) is 14.8. The van der Waals surface area contributed by atoms with Crippen LogP contribution in [-0.2, 0) is 6.54 Å². The maximum Gasteiger partial charge on any atom is 0.317 e. The van der Waals surface area contributed by atoms with Gasteiger partial charge < -0.3 is 5.32 Å². The molecule has 2 aromatic carbocycles. The summed E-state index contributed by atoms with van der Waals surface area (Å²) in [6.07, 6.45) is 4.20. The summed E-state index contributed by atoms with van der Waals surface area (Å²) in [4.78, 5) is 0.732. The van der Waals surface area contributed by atoms with Gasteiger partial charge in [0.1, 0.15) is 18.9 Å². The minimum Gasteiger partial charge on any atom is -0.340 e. The maximum atomic E-state index is 5.71. The third-order valence-corrected chi connectivity index (χ3v) is 4.20. The highest BCUT2D eigenvalue weighted by atomic mass is 32.1. The van der Waals surface area contributed by atoms with Crippen LogP contribution in [0.4, 0.5) is 5.69 Å². The second kappa shape index (κ2) is 7.41. The summed E-state index contributed by atoms with van der Waals surface area (Å²) < 4.78 is 4.41. The van der Waals surface area contributed by atoms with E-state index in [0.29, 0.717) is 6.04 Å². The molecule has 3 nitrogen and oxygen atoms in total. The van der Waals surface area contributed by atoms with Gasteiger partial charge in [-0.15, -0.1) is 0 Å². The molecule has 3 aromatic rings. The van der Waals surface area contributed by atoms with E-state index in [2.05, 4.69) is 65.0 Å². The predicted octanol–water partition coefficient (Wildman–Crippen LogP) is 4.19. The number of imidazole rings is 1. The Morgan fingerprint density at radius 3 is 2.29 bits per heavy atom. The summed E-state index contributed by atoms with van der Waals surface area (Å²) in [6.45, 7) is 5.13. The van der Waals surface area contributed by atoms with Gasteiger partial charge in [0.05, 0.1) is 6.04 Å². The molecule has 1 heterocycles. The zero-order valence-electron chi connectivity index (χ0n) is 14.0. The van der Waals surface area contributed by atoms with Gasteiger partial charge in [0, 0.05) is 5.69 Å². The zero-order chi connectivity index (χ0) is 16.9. The van der Waals surface area contributed by atoms with Gasteiger partial charge in [-0.05, 0) is 31.5 Å². The number of nitrogens with one attached hydrogen (secondary N) is 1. The Balaban J connectivity index is 1.92. The molecule has 0 fully saturated rings. The molecule has 0 atom stereocenters. The van der Waals surface area contributed by atoms with Crippen LogP contribution in [0.15, 0.2) is 73.1 Å². The van der Waals surface area contributed by atoms with Gasteiger partial charge in [0.15, 0.2) is 4.99 Å². The molecule has 0 radical (unpaired) electrons. The van der Waals surface area contributed by atoms with Crippen LogP contribution < -0.4 is 9.88 Å². The van der Waals surface area contributed by atoms with Gasteiger partial charge in [-0.3, -0.25) is 0 Å². The first-order valence-electron chi connectivity index (χ1n) is 8.16. The molecule has 122 valence electrons. The molecule has 0 amide bonds. The number of aromatic nitrogens is 2. The van der Waals surface area contributed by atoms with E-state index in [1.807, 2.05) is 36.4 Å². The molecule has 0 aliphatic rings. The van der Waals surface area contributed by atoms with Crippen molar-refractivity contribution in [2.24, 2.45) is 0 Å². The van der Waals surface area contributed by atoms with Gasteiger partial charge in [0.25, 0.3) is 0 Å². The summed E-state index contributed by atoms with van der Waals surface area (Å²) >= 11 is 5.71. The number of hydrogen-bond acceptors (Lipinski definition) is 1. The van der Waals surface area contributed by atoms with Crippen molar-refractivity contribution in [3.8, 4) is 0 Å². The van der Waals surface area contributed by atoms with Crippen molar-refractivity contribution in [1.82, 2.24) is 4.57 Å². The lowest BCUT2D eigenvalue weighted by Gasteiger charge is -2.10. The fourth-order valence-electron chi connectivity index (χ4n) is 2.72. The van der Waals surface area contributed by atoms with Crippen molar-refractivity contribution in [2.45, 2.75) is 26.4 Å². The first kappa shape index (κ1) is 16.4. The van der Waals surface area contributed by atoms with Crippen molar-refractivity contribution in [3.05, 3.63) is 84.4 Å². The molecule has 24 heavy (non-hydrogen) atoms. The molecule has 0 unspecified atom stereocenters. The van der Waals surface area contributed by atoms with Gasteiger partial charge >= 0.3 is 5.82 Å². The van der Waals surface area contributed by atoms with Crippen molar-refractivity contribution in [1.29, 1.82) is 0 Å². The molecule has 4 heteroatoms.